The van der Waals surface area contributed by atoms with Gasteiger partial charge in [-0.05, 0) is 60.4 Å². The molecule has 3 rings (SSSR count). The largest absolute Gasteiger partial charge is 0.327 e. The molecule has 104 valence electrons. The molecule has 0 fully saturated rings. The van der Waals surface area contributed by atoms with Gasteiger partial charge in [-0.1, -0.05) is 36.4 Å². The molecule has 2 aromatic rings. The Balaban J connectivity index is 1.67. The zero-order valence-corrected chi connectivity index (χ0v) is 11.6. The molecule has 1 aliphatic carbocycles. The molecule has 0 spiro atoms. The maximum Gasteiger partial charge on any atom is 0.126 e. The summed E-state index contributed by atoms with van der Waals surface area (Å²) in [6.07, 6.45) is 5.05. The van der Waals surface area contributed by atoms with E-state index in [2.05, 4.69) is 18.2 Å². The minimum Gasteiger partial charge on any atom is -0.327 e. The molecule has 2 N–H and O–H groups in total. The lowest BCUT2D eigenvalue weighted by Gasteiger charge is -2.13. The minimum absolute atomic E-state index is 0.0358. The molecule has 2 heteroatoms. The quantitative estimate of drug-likeness (QED) is 0.904. The van der Waals surface area contributed by atoms with Crippen LogP contribution in [0.15, 0.2) is 42.5 Å². The molecule has 0 heterocycles. The molecule has 0 bridgehead atoms. The van der Waals surface area contributed by atoms with Crippen LogP contribution in [0.25, 0.3) is 0 Å². The second-order valence-electron chi connectivity index (χ2n) is 5.72. The standard InChI is InChI=1S/C18H20FN/c19-18-7-2-1-4-16(18)12-17(20)11-13-8-9-14-5-3-6-15(14)10-13/h1-2,4,7-10,17H,3,5-6,11-12,20H2. The van der Waals surface area contributed by atoms with Crippen LogP contribution >= 0.6 is 0 Å². The predicted molar refractivity (Wildman–Crippen MR) is 80.3 cm³/mol. The molecule has 0 amide bonds. The van der Waals surface area contributed by atoms with E-state index in [9.17, 15) is 4.39 Å². The fourth-order valence-corrected chi connectivity index (χ4v) is 3.07. The first-order chi connectivity index (χ1) is 9.72. The van der Waals surface area contributed by atoms with Crippen molar-refractivity contribution in [2.75, 3.05) is 0 Å². The van der Waals surface area contributed by atoms with Crippen LogP contribution in [0.3, 0.4) is 0 Å². The molecule has 1 unspecified atom stereocenters. The first-order valence-electron chi connectivity index (χ1n) is 7.32. The van der Waals surface area contributed by atoms with Crippen LogP contribution in [-0.2, 0) is 25.7 Å². The lowest BCUT2D eigenvalue weighted by molar-refractivity contribution is 0.584. The molecular formula is C18H20FN. The number of rotatable bonds is 4. The third-order valence-corrected chi connectivity index (χ3v) is 4.10. The van der Waals surface area contributed by atoms with Crippen LogP contribution in [0.2, 0.25) is 0 Å². The maximum absolute atomic E-state index is 13.6. The van der Waals surface area contributed by atoms with Gasteiger partial charge in [0.1, 0.15) is 5.82 Å². The van der Waals surface area contributed by atoms with Gasteiger partial charge in [0.15, 0.2) is 0 Å². The summed E-state index contributed by atoms with van der Waals surface area (Å²) < 4.78 is 13.6. The molecule has 0 aliphatic heterocycles. The highest BCUT2D eigenvalue weighted by molar-refractivity contribution is 5.35. The van der Waals surface area contributed by atoms with E-state index in [1.807, 2.05) is 12.1 Å². The fourth-order valence-electron chi connectivity index (χ4n) is 3.07. The van der Waals surface area contributed by atoms with Crippen LogP contribution in [0.5, 0.6) is 0 Å². The first kappa shape index (κ1) is 13.3. The summed E-state index contributed by atoms with van der Waals surface area (Å²) in [6.45, 7) is 0. The molecule has 2 aromatic carbocycles. The van der Waals surface area contributed by atoms with Gasteiger partial charge in [0.25, 0.3) is 0 Å². The Labute approximate surface area is 119 Å². The number of aryl methyl sites for hydroxylation is 2. The number of fused-ring (bicyclic) bond motifs is 1. The molecule has 0 saturated heterocycles. The number of hydrogen-bond donors (Lipinski definition) is 1. The Hall–Kier alpha value is -1.67. The summed E-state index contributed by atoms with van der Waals surface area (Å²) in [7, 11) is 0. The second-order valence-corrected chi connectivity index (χ2v) is 5.72. The van der Waals surface area contributed by atoms with Crippen molar-refractivity contribution in [1.29, 1.82) is 0 Å². The molecule has 1 nitrogen and oxygen atoms in total. The smallest absolute Gasteiger partial charge is 0.126 e. The van der Waals surface area contributed by atoms with Gasteiger partial charge in [-0.3, -0.25) is 0 Å². The maximum atomic E-state index is 13.6. The summed E-state index contributed by atoms with van der Waals surface area (Å²) in [6, 6.07) is 13.5. The Bertz CT molecular complexity index is 606. The van der Waals surface area contributed by atoms with Gasteiger partial charge in [0.05, 0.1) is 0 Å². The van der Waals surface area contributed by atoms with Crippen molar-refractivity contribution in [3.63, 3.8) is 0 Å². The molecule has 0 radical (unpaired) electrons. The molecule has 0 aromatic heterocycles. The zero-order chi connectivity index (χ0) is 13.9. The lowest BCUT2D eigenvalue weighted by Crippen LogP contribution is -2.26. The average Bonchev–Trinajstić information content (AvgIpc) is 2.89. The van der Waals surface area contributed by atoms with Crippen LogP contribution in [0, 0.1) is 5.82 Å². The van der Waals surface area contributed by atoms with Gasteiger partial charge in [0.2, 0.25) is 0 Å². The molecular weight excluding hydrogens is 249 g/mol. The topological polar surface area (TPSA) is 26.0 Å². The molecule has 1 aliphatic rings. The van der Waals surface area contributed by atoms with E-state index in [1.165, 1.54) is 42.0 Å². The number of nitrogens with two attached hydrogens (primary N) is 1. The average molecular weight is 269 g/mol. The van der Waals surface area contributed by atoms with Crippen LogP contribution in [0.1, 0.15) is 28.7 Å². The highest BCUT2D eigenvalue weighted by Gasteiger charge is 2.13. The first-order valence-corrected chi connectivity index (χ1v) is 7.32. The molecule has 0 saturated carbocycles. The van der Waals surface area contributed by atoms with Crippen molar-refractivity contribution < 1.29 is 4.39 Å². The Kier molecular flexibility index (Phi) is 3.83. The SMILES string of the molecule is NC(Cc1ccc2c(c1)CCC2)Cc1ccccc1F. The van der Waals surface area contributed by atoms with Gasteiger partial charge >= 0.3 is 0 Å². The van der Waals surface area contributed by atoms with Crippen LogP contribution < -0.4 is 5.73 Å². The van der Waals surface area contributed by atoms with Gasteiger partial charge in [0, 0.05) is 6.04 Å². The third kappa shape index (κ3) is 2.91. The Morgan fingerprint density at radius 3 is 2.65 bits per heavy atom. The molecule has 1 atom stereocenters. The van der Waals surface area contributed by atoms with E-state index in [0.29, 0.717) is 12.0 Å². The normalized spacial score (nSPS) is 15.1. The number of hydrogen-bond acceptors (Lipinski definition) is 1. The Morgan fingerprint density at radius 1 is 1.00 bits per heavy atom. The van der Waals surface area contributed by atoms with Crippen molar-refractivity contribution in [2.24, 2.45) is 5.73 Å². The van der Waals surface area contributed by atoms with Gasteiger partial charge in [-0.15, -0.1) is 0 Å². The minimum atomic E-state index is -0.156. The van der Waals surface area contributed by atoms with Crippen molar-refractivity contribution in [1.82, 2.24) is 0 Å². The zero-order valence-electron chi connectivity index (χ0n) is 11.6. The van der Waals surface area contributed by atoms with E-state index in [0.717, 1.165) is 6.42 Å². The highest BCUT2D eigenvalue weighted by atomic mass is 19.1. The van der Waals surface area contributed by atoms with Crippen LogP contribution in [-0.4, -0.2) is 6.04 Å². The van der Waals surface area contributed by atoms with E-state index < -0.39 is 0 Å². The van der Waals surface area contributed by atoms with Gasteiger partial charge < -0.3 is 5.73 Å². The van der Waals surface area contributed by atoms with Crippen molar-refractivity contribution in [3.8, 4) is 0 Å². The van der Waals surface area contributed by atoms with Crippen molar-refractivity contribution in [2.45, 2.75) is 38.1 Å². The number of halogens is 1. The van der Waals surface area contributed by atoms with Crippen LogP contribution in [0.4, 0.5) is 4.39 Å². The highest BCUT2D eigenvalue weighted by Crippen LogP contribution is 2.23. The third-order valence-electron chi connectivity index (χ3n) is 4.10. The van der Waals surface area contributed by atoms with Crippen molar-refractivity contribution >= 4 is 0 Å². The summed E-state index contributed by atoms with van der Waals surface area (Å²) >= 11 is 0. The lowest BCUT2D eigenvalue weighted by atomic mass is 9.97. The van der Waals surface area contributed by atoms with Crippen molar-refractivity contribution in [3.05, 3.63) is 70.5 Å². The summed E-state index contributed by atoms with van der Waals surface area (Å²) in [5.74, 6) is -0.156. The van der Waals surface area contributed by atoms with Gasteiger partial charge in [-0.25, -0.2) is 4.39 Å². The fraction of sp³-hybridized carbons (Fsp3) is 0.333. The summed E-state index contributed by atoms with van der Waals surface area (Å²) in [4.78, 5) is 0. The van der Waals surface area contributed by atoms with E-state index >= 15 is 0 Å². The van der Waals surface area contributed by atoms with E-state index in [-0.39, 0.29) is 11.9 Å². The number of benzene rings is 2. The summed E-state index contributed by atoms with van der Waals surface area (Å²) in [5.41, 5.74) is 11.1. The van der Waals surface area contributed by atoms with E-state index in [1.54, 1.807) is 6.07 Å². The molecule has 20 heavy (non-hydrogen) atoms. The van der Waals surface area contributed by atoms with E-state index in [4.69, 9.17) is 5.73 Å². The second kappa shape index (κ2) is 5.76. The Morgan fingerprint density at radius 2 is 1.80 bits per heavy atom. The van der Waals surface area contributed by atoms with Gasteiger partial charge in [-0.2, -0.15) is 0 Å². The monoisotopic (exact) mass is 269 g/mol. The summed E-state index contributed by atoms with van der Waals surface area (Å²) in [5, 5.41) is 0. The predicted octanol–water partition coefficient (Wildman–Crippen LogP) is 3.43.